The summed E-state index contributed by atoms with van der Waals surface area (Å²) in [6.45, 7) is 4.35. The number of carbonyl (C=O) groups is 2. The zero-order chi connectivity index (χ0) is 27.1. The number of hydrogen-bond acceptors (Lipinski definition) is 6. The van der Waals surface area contributed by atoms with E-state index in [2.05, 4.69) is 10.2 Å². The van der Waals surface area contributed by atoms with Gasteiger partial charge in [0.25, 0.3) is 5.91 Å². The van der Waals surface area contributed by atoms with Gasteiger partial charge in [-0.1, -0.05) is 41.9 Å². The molecule has 0 saturated carbocycles. The predicted molar refractivity (Wildman–Crippen MR) is 148 cm³/mol. The fraction of sp³-hybridized carbons (Fsp3) is 0.214. The van der Waals surface area contributed by atoms with Gasteiger partial charge in [-0.05, 0) is 48.9 Å². The molecule has 3 aromatic rings. The largest absolute Gasteiger partial charge is 0.487 e. The number of rotatable bonds is 8. The lowest BCUT2D eigenvalue weighted by atomic mass is 10.1. The number of anilines is 2. The first kappa shape index (κ1) is 26.7. The molecule has 0 unspecified atom stereocenters. The maximum Gasteiger partial charge on any atom is 0.311 e. The zero-order valence-corrected chi connectivity index (χ0v) is 21.6. The molecule has 1 fully saturated rings. The minimum Gasteiger partial charge on any atom is -0.487 e. The number of ether oxygens (including phenoxy) is 1. The first-order valence-corrected chi connectivity index (χ1v) is 12.5. The number of hydrogen-bond donors (Lipinski definition) is 1. The van der Waals surface area contributed by atoms with Crippen LogP contribution in [-0.2, 0) is 4.79 Å². The van der Waals surface area contributed by atoms with Crippen LogP contribution in [0.3, 0.4) is 0 Å². The minimum absolute atomic E-state index is 0.0350. The van der Waals surface area contributed by atoms with Gasteiger partial charge >= 0.3 is 5.69 Å². The van der Waals surface area contributed by atoms with Crippen molar-refractivity contribution in [2.24, 2.45) is 0 Å². The molecule has 1 saturated heterocycles. The molecule has 3 aromatic carbocycles. The van der Waals surface area contributed by atoms with Crippen LogP contribution >= 0.6 is 11.6 Å². The normalized spacial score (nSPS) is 13.4. The van der Waals surface area contributed by atoms with Gasteiger partial charge in [-0.2, -0.15) is 0 Å². The number of carbonyl (C=O) groups excluding carboxylic acids is 2. The van der Waals surface area contributed by atoms with Crippen LogP contribution in [0, 0.1) is 10.1 Å². The summed E-state index contributed by atoms with van der Waals surface area (Å²) in [6, 6.07) is 18.9. The molecular formula is C28H27ClN4O5. The molecule has 0 aromatic heterocycles. The summed E-state index contributed by atoms with van der Waals surface area (Å²) in [5, 5.41) is 14.5. The third-order valence-electron chi connectivity index (χ3n) is 6.07. The Kier molecular flexibility index (Phi) is 8.60. The number of amides is 2. The van der Waals surface area contributed by atoms with Crippen LogP contribution in [-0.4, -0.2) is 54.4 Å². The van der Waals surface area contributed by atoms with E-state index in [9.17, 15) is 19.7 Å². The van der Waals surface area contributed by atoms with Gasteiger partial charge in [0.15, 0.2) is 5.75 Å². The monoisotopic (exact) mass is 534 g/mol. The zero-order valence-electron chi connectivity index (χ0n) is 20.8. The van der Waals surface area contributed by atoms with E-state index in [0.717, 1.165) is 11.3 Å². The molecule has 0 aliphatic carbocycles. The van der Waals surface area contributed by atoms with E-state index in [1.807, 2.05) is 42.5 Å². The number of halogens is 1. The van der Waals surface area contributed by atoms with Crippen LogP contribution in [0.5, 0.6) is 5.75 Å². The molecule has 2 amide bonds. The highest BCUT2D eigenvalue weighted by molar-refractivity contribution is 6.33. The molecule has 1 aliphatic heterocycles. The van der Waals surface area contributed by atoms with Crippen molar-refractivity contribution in [1.29, 1.82) is 0 Å². The average molecular weight is 535 g/mol. The Balaban J connectivity index is 1.36. The van der Waals surface area contributed by atoms with Gasteiger partial charge < -0.3 is 19.9 Å². The summed E-state index contributed by atoms with van der Waals surface area (Å²) in [5.41, 5.74) is 2.08. The first-order valence-electron chi connectivity index (χ1n) is 12.1. The lowest BCUT2D eigenvalue weighted by molar-refractivity contribution is -0.385. The standard InChI is InChI=1S/C28H27ClN4O5/c1-2-38-26-12-9-21(18-25(26)33(36)37)28(35)30-22-10-11-24(23(29)19-22)31-14-16-32(17-15-31)27(34)13-8-20-6-4-3-5-7-20/h3-13,18-19H,2,14-17H2,1H3,(H,30,35)/b13-8+. The Morgan fingerprint density at radius 2 is 1.79 bits per heavy atom. The van der Waals surface area contributed by atoms with E-state index >= 15 is 0 Å². The van der Waals surface area contributed by atoms with E-state index in [0.29, 0.717) is 36.9 Å². The molecule has 38 heavy (non-hydrogen) atoms. The van der Waals surface area contributed by atoms with E-state index in [4.69, 9.17) is 16.3 Å². The number of nitrogens with zero attached hydrogens (tertiary/aromatic N) is 3. The van der Waals surface area contributed by atoms with Crippen LogP contribution in [0.15, 0.2) is 72.8 Å². The second-order valence-electron chi connectivity index (χ2n) is 8.55. The lowest BCUT2D eigenvalue weighted by Crippen LogP contribution is -2.48. The summed E-state index contributed by atoms with van der Waals surface area (Å²) in [6.07, 6.45) is 3.40. The molecule has 0 bridgehead atoms. The Labute approximate surface area is 225 Å². The summed E-state index contributed by atoms with van der Waals surface area (Å²) in [4.78, 5) is 40.0. The highest BCUT2D eigenvalue weighted by Gasteiger charge is 2.22. The fourth-order valence-electron chi connectivity index (χ4n) is 4.13. The van der Waals surface area contributed by atoms with Crippen molar-refractivity contribution in [3.63, 3.8) is 0 Å². The van der Waals surface area contributed by atoms with Gasteiger partial charge in [0, 0.05) is 49.6 Å². The minimum atomic E-state index is -0.583. The van der Waals surface area contributed by atoms with Crippen molar-refractivity contribution in [1.82, 2.24) is 4.90 Å². The smallest absolute Gasteiger partial charge is 0.311 e. The summed E-state index contributed by atoms with van der Waals surface area (Å²) >= 11 is 6.54. The van der Waals surface area contributed by atoms with Crippen LogP contribution in [0.2, 0.25) is 5.02 Å². The van der Waals surface area contributed by atoms with E-state index in [1.54, 1.807) is 30.0 Å². The van der Waals surface area contributed by atoms with Crippen molar-refractivity contribution in [2.75, 3.05) is 43.0 Å². The average Bonchev–Trinajstić information content (AvgIpc) is 2.93. The maximum absolute atomic E-state index is 12.7. The highest BCUT2D eigenvalue weighted by Crippen LogP contribution is 2.31. The quantitative estimate of drug-likeness (QED) is 0.240. The second kappa shape index (κ2) is 12.2. The number of benzene rings is 3. The molecule has 0 radical (unpaired) electrons. The number of nitro groups is 1. The first-order chi connectivity index (χ1) is 18.4. The SMILES string of the molecule is CCOc1ccc(C(=O)Nc2ccc(N3CCN(C(=O)/C=C/c4ccccc4)CC3)c(Cl)c2)cc1[N+](=O)[O-]. The molecule has 9 nitrogen and oxygen atoms in total. The number of nitrogens with one attached hydrogen (secondary N) is 1. The molecule has 4 rings (SSSR count). The van der Waals surface area contributed by atoms with Crippen LogP contribution < -0.4 is 15.0 Å². The van der Waals surface area contributed by atoms with Gasteiger partial charge in [-0.15, -0.1) is 0 Å². The van der Waals surface area contributed by atoms with Crippen molar-refractivity contribution >= 4 is 46.6 Å². The van der Waals surface area contributed by atoms with Crippen molar-refractivity contribution < 1.29 is 19.2 Å². The number of piperazine rings is 1. The molecule has 10 heteroatoms. The van der Waals surface area contributed by atoms with E-state index in [-0.39, 0.29) is 29.5 Å². The lowest BCUT2D eigenvalue weighted by Gasteiger charge is -2.36. The van der Waals surface area contributed by atoms with Gasteiger partial charge in [-0.3, -0.25) is 19.7 Å². The van der Waals surface area contributed by atoms with E-state index in [1.165, 1.54) is 18.2 Å². The Hall–Kier alpha value is -4.37. The van der Waals surface area contributed by atoms with E-state index < -0.39 is 10.8 Å². The molecule has 0 spiro atoms. The Bertz CT molecular complexity index is 1350. The van der Waals surface area contributed by atoms with Crippen LogP contribution in [0.1, 0.15) is 22.8 Å². The molecule has 1 heterocycles. The summed E-state index contributed by atoms with van der Waals surface area (Å²) < 4.78 is 5.27. The third kappa shape index (κ3) is 6.49. The van der Waals surface area contributed by atoms with Crippen LogP contribution in [0.25, 0.3) is 6.08 Å². The number of nitro benzene ring substituents is 1. The molecule has 196 valence electrons. The predicted octanol–water partition coefficient (Wildman–Crippen LogP) is 5.26. The van der Waals surface area contributed by atoms with Crippen molar-refractivity contribution in [3.8, 4) is 5.75 Å². The molecule has 1 N–H and O–H groups in total. The van der Waals surface area contributed by atoms with Gasteiger partial charge in [0.05, 0.1) is 22.2 Å². The third-order valence-corrected chi connectivity index (χ3v) is 6.38. The van der Waals surface area contributed by atoms with Crippen LogP contribution in [0.4, 0.5) is 17.1 Å². The maximum atomic E-state index is 12.7. The molecular weight excluding hydrogens is 508 g/mol. The second-order valence-corrected chi connectivity index (χ2v) is 8.96. The summed E-state index contributed by atoms with van der Waals surface area (Å²) in [7, 11) is 0. The summed E-state index contributed by atoms with van der Waals surface area (Å²) in [5.74, 6) is -0.432. The van der Waals surface area contributed by atoms with Gasteiger partial charge in [0.2, 0.25) is 5.91 Å². The van der Waals surface area contributed by atoms with Crippen molar-refractivity contribution in [2.45, 2.75) is 6.92 Å². The fourth-order valence-corrected chi connectivity index (χ4v) is 4.43. The topological polar surface area (TPSA) is 105 Å². The van der Waals surface area contributed by atoms with Gasteiger partial charge in [-0.25, -0.2) is 0 Å². The highest BCUT2D eigenvalue weighted by atomic mass is 35.5. The van der Waals surface area contributed by atoms with Crippen molar-refractivity contribution in [3.05, 3.63) is 99.1 Å². The molecule has 1 aliphatic rings. The molecule has 0 atom stereocenters. The Morgan fingerprint density at radius 3 is 2.45 bits per heavy atom. The van der Waals surface area contributed by atoms with Gasteiger partial charge in [0.1, 0.15) is 0 Å². The Morgan fingerprint density at radius 1 is 1.05 bits per heavy atom.